The number of halogens is 2. The van der Waals surface area contributed by atoms with Crippen molar-refractivity contribution in [2.45, 2.75) is 38.8 Å². The van der Waals surface area contributed by atoms with Crippen molar-refractivity contribution in [1.82, 2.24) is 15.3 Å². The van der Waals surface area contributed by atoms with Crippen molar-refractivity contribution in [2.75, 3.05) is 7.11 Å². The fourth-order valence-electron chi connectivity index (χ4n) is 2.46. The summed E-state index contributed by atoms with van der Waals surface area (Å²) in [6.45, 7) is 4.96. The van der Waals surface area contributed by atoms with Gasteiger partial charge >= 0.3 is 5.97 Å². The molecule has 2 heterocycles. The Bertz CT molecular complexity index is 916. The molecule has 0 aliphatic carbocycles. The molecule has 0 bridgehead atoms. The number of methoxy groups -OCH3 is 1. The zero-order chi connectivity index (χ0) is 21.7. The van der Waals surface area contributed by atoms with Crippen LogP contribution in [0.25, 0.3) is 0 Å². The minimum atomic E-state index is -0.988. The summed E-state index contributed by atoms with van der Waals surface area (Å²) in [7, 11) is 1.35. The molecular weight excluding hydrogens is 461 g/mol. The van der Waals surface area contributed by atoms with E-state index < -0.39 is 29.8 Å². The average molecular weight is 482 g/mol. The quantitative estimate of drug-likeness (QED) is 0.583. The number of nitrogens with one attached hydrogen (secondary N) is 1. The molecule has 0 fully saturated rings. The van der Waals surface area contributed by atoms with E-state index >= 15 is 0 Å². The van der Waals surface area contributed by atoms with Crippen LogP contribution in [0.3, 0.4) is 0 Å². The van der Waals surface area contributed by atoms with E-state index in [2.05, 4.69) is 15.3 Å². The van der Waals surface area contributed by atoms with Gasteiger partial charge in [-0.25, -0.2) is 9.78 Å². The first-order valence-electron chi connectivity index (χ1n) is 8.70. The first-order valence-corrected chi connectivity index (χ1v) is 9.45. The summed E-state index contributed by atoms with van der Waals surface area (Å²) in [4.78, 5) is 32.7. The predicted molar refractivity (Wildman–Crippen MR) is 108 cm³/mol. The maximum atomic E-state index is 12.4. The summed E-state index contributed by atoms with van der Waals surface area (Å²) in [6, 6.07) is 1.98. The maximum Gasteiger partial charge on any atom is 0.328 e. The number of nitrogens with zero attached hydrogens (tertiary/aromatic N) is 2. The second kappa shape index (κ2) is 11.9. The van der Waals surface area contributed by atoms with E-state index in [1.807, 2.05) is 6.92 Å². The van der Waals surface area contributed by atoms with Gasteiger partial charge in [0.25, 0.3) is 5.91 Å². The Hall–Kier alpha value is -1.32. The van der Waals surface area contributed by atoms with Gasteiger partial charge in [0.15, 0.2) is 17.2 Å². The number of aromatic hydroxyl groups is 1. The third kappa shape index (κ3) is 6.59. The van der Waals surface area contributed by atoms with Crippen molar-refractivity contribution in [1.29, 1.82) is 0 Å². The molecule has 0 aromatic carbocycles. The fraction of sp³-hybridized carbons (Fsp3) is 0.368. The average Bonchev–Trinajstić information content (AvgIpc) is 2.67. The molecule has 11 heteroatoms. The molecule has 164 valence electrons. The number of hydrogen-bond donors (Lipinski definition) is 2. The third-order valence-corrected chi connectivity index (χ3v) is 4.81. The Balaban J connectivity index is 0.00000450. The van der Waals surface area contributed by atoms with Crippen molar-refractivity contribution in [3.63, 3.8) is 0 Å². The number of amides is 1. The molecule has 0 saturated carbocycles. The first-order chi connectivity index (χ1) is 13.6. The molecule has 2 rings (SSSR count). The number of esters is 1. The summed E-state index contributed by atoms with van der Waals surface area (Å²) in [5, 5.41) is 13.2. The van der Waals surface area contributed by atoms with Gasteiger partial charge in [-0.05, 0) is 19.9 Å². The third-order valence-electron chi connectivity index (χ3n) is 4.30. The van der Waals surface area contributed by atoms with E-state index in [-0.39, 0.29) is 55.1 Å². The zero-order valence-corrected chi connectivity index (χ0v) is 18.8. The largest absolute Gasteiger partial charge is 0.503 e. The molecule has 3 atom stereocenters. The molecule has 2 N–H and O–H groups in total. The number of rotatable bonds is 7. The molecule has 2 aromatic rings. The summed E-state index contributed by atoms with van der Waals surface area (Å²) in [5.74, 6) is -2.04. The van der Waals surface area contributed by atoms with Gasteiger partial charge in [-0.2, -0.15) is 0 Å². The fourth-order valence-corrected chi connectivity index (χ4v) is 3.01. The standard InChI is InChI=1S/C19H21Cl2N3O5.Ar/c1-9(15-13(21)7-12(20)8-23-15)11(3)29-19(27)10(2)24-18(26)16-17(25)14(28-4)5-6-22-16;/h5-11,25H,1-4H3,(H,24,26);/t9?,10-,11?;/m0./s1. The van der Waals surface area contributed by atoms with Crippen molar-refractivity contribution in [2.24, 2.45) is 0 Å². The molecule has 0 aliphatic rings. The van der Waals surface area contributed by atoms with Crippen LogP contribution in [0.4, 0.5) is 0 Å². The number of pyridine rings is 2. The van der Waals surface area contributed by atoms with E-state index in [0.717, 1.165) is 0 Å². The van der Waals surface area contributed by atoms with Gasteiger partial charge in [-0.15, -0.1) is 0 Å². The first kappa shape index (κ1) is 26.7. The van der Waals surface area contributed by atoms with Gasteiger partial charge in [0.05, 0.1) is 22.8 Å². The van der Waals surface area contributed by atoms with Crippen molar-refractivity contribution < 1.29 is 61.9 Å². The van der Waals surface area contributed by atoms with Crippen molar-refractivity contribution in [3.8, 4) is 11.5 Å². The maximum absolute atomic E-state index is 12.4. The Labute approximate surface area is 214 Å². The molecule has 8 nitrogen and oxygen atoms in total. The molecule has 0 aliphatic heterocycles. The van der Waals surface area contributed by atoms with Gasteiger partial charge in [0.2, 0.25) is 0 Å². The Morgan fingerprint density at radius 1 is 1.20 bits per heavy atom. The van der Waals surface area contributed by atoms with Crippen LogP contribution in [0, 0.1) is 37.7 Å². The van der Waals surface area contributed by atoms with Gasteiger partial charge in [-0.3, -0.25) is 9.78 Å². The summed E-state index contributed by atoms with van der Waals surface area (Å²) < 4.78 is 10.4. The number of carbonyl (C=O) groups is 2. The molecule has 2 aromatic heterocycles. The van der Waals surface area contributed by atoms with Crippen LogP contribution in [0.15, 0.2) is 24.5 Å². The van der Waals surface area contributed by atoms with Gasteiger partial charge in [0, 0.05) is 62.1 Å². The van der Waals surface area contributed by atoms with Crippen LogP contribution in [-0.2, 0) is 9.53 Å². The smallest absolute Gasteiger partial charge is 0.328 e. The monoisotopic (exact) mass is 481 g/mol. The molecule has 2 unspecified atom stereocenters. The van der Waals surface area contributed by atoms with E-state index in [1.54, 1.807) is 13.0 Å². The Kier molecular flexibility index (Phi) is 10.6. The SMILES string of the molecule is COc1ccnc(C(=O)N[C@@H](C)C(=O)OC(C)C(C)c2ncc(Cl)cc2Cl)c1O.[Ar]. The van der Waals surface area contributed by atoms with Crippen LogP contribution in [0.2, 0.25) is 10.0 Å². The molecule has 0 radical (unpaired) electrons. The van der Waals surface area contributed by atoms with Crippen LogP contribution in [0.1, 0.15) is 42.9 Å². The van der Waals surface area contributed by atoms with E-state index in [9.17, 15) is 14.7 Å². The van der Waals surface area contributed by atoms with Crippen LogP contribution < -0.4 is 10.1 Å². The van der Waals surface area contributed by atoms with Crippen LogP contribution in [-0.4, -0.2) is 46.2 Å². The molecule has 1 amide bonds. The number of hydrogen-bond acceptors (Lipinski definition) is 7. The van der Waals surface area contributed by atoms with Gasteiger partial charge in [-0.1, -0.05) is 30.1 Å². The second-order valence-electron chi connectivity index (χ2n) is 6.36. The number of aromatic nitrogens is 2. The normalized spacial score (nSPS) is 13.4. The molecular formula is C19H21ArCl2N3O5. The van der Waals surface area contributed by atoms with Gasteiger partial charge in [0.1, 0.15) is 12.1 Å². The van der Waals surface area contributed by atoms with Crippen LogP contribution in [0.5, 0.6) is 11.5 Å². The molecule has 0 saturated heterocycles. The number of ether oxygens (including phenoxy) is 2. The Morgan fingerprint density at radius 2 is 1.87 bits per heavy atom. The van der Waals surface area contributed by atoms with Crippen molar-refractivity contribution >= 4 is 35.1 Å². The minimum absolute atomic E-state index is 0. The van der Waals surface area contributed by atoms with E-state index in [1.165, 1.54) is 32.5 Å². The van der Waals surface area contributed by atoms with E-state index in [0.29, 0.717) is 15.7 Å². The topological polar surface area (TPSA) is 111 Å². The van der Waals surface area contributed by atoms with E-state index in [4.69, 9.17) is 32.7 Å². The zero-order valence-electron chi connectivity index (χ0n) is 16.6. The second-order valence-corrected chi connectivity index (χ2v) is 7.20. The summed E-state index contributed by atoms with van der Waals surface area (Å²) >= 11 is 12.0. The Morgan fingerprint density at radius 3 is 2.47 bits per heavy atom. The predicted octanol–water partition coefficient (Wildman–Crippen LogP) is 3.35. The van der Waals surface area contributed by atoms with Crippen molar-refractivity contribution in [3.05, 3.63) is 46.0 Å². The van der Waals surface area contributed by atoms with Gasteiger partial charge < -0.3 is 19.9 Å². The minimum Gasteiger partial charge on any atom is -0.503 e. The number of carbonyl (C=O) groups excluding carboxylic acids is 2. The molecule has 0 spiro atoms. The summed E-state index contributed by atoms with van der Waals surface area (Å²) in [6.07, 6.45) is 2.20. The summed E-state index contributed by atoms with van der Waals surface area (Å²) in [5.41, 5.74) is 0.279. The van der Waals surface area contributed by atoms with Crippen LogP contribution >= 0.6 is 23.2 Å². The molecule has 30 heavy (non-hydrogen) atoms.